The number of carbonyl (C=O) groups is 1. The summed E-state index contributed by atoms with van der Waals surface area (Å²) in [4.78, 5) is 19.7. The average molecular weight is 447 g/mol. The zero-order valence-electron chi connectivity index (χ0n) is 15.9. The van der Waals surface area contributed by atoms with E-state index in [1.165, 1.54) is 12.1 Å². The Morgan fingerprint density at radius 1 is 1.06 bits per heavy atom. The number of alkyl halides is 3. The number of rotatable bonds is 7. The first-order valence-corrected chi connectivity index (χ1v) is 10.2. The van der Waals surface area contributed by atoms with Gasteiger partial charge in [-0.25, -0.2) is 4.98 Å². The number of thioether (sulfide) groups is 1. The summed E-state index contributed by atoms with van der Waals surface area (Å²) in [6.07, 6.45) is -3.33. The van der Waals surface area contributed by atoms with Crippen LogP contribution in [0.1, 0.15) is 17.3 Å². The Hall–Kier alpha value is -3.34. The van der Waals surface area contributed by atoms with E-state index in [0.717, 1.165) is 40.8 Å². The molecular weight excluding hydrogens is 431 g/mol. The molecule has 2 N–H and O–H groups in total. The Morgan fingerprint density at radius 3 is 2.58 bits per heavy atom. The number of nitrogens with one attached hydrogen (secondary N) is 2. The third-order valence-electron chi connectivity index (χ3n) is 4.29. The van der Waals surface area contributed by atoms with Crippen molar-refractivity contribution < 1.29 is 22.4 Å². The molecule has 2 heterocycles. The molecule has 0 bridgehead atoms. The lowest BCUT2D eigenvalue weighted by Gasteiger charge is -2.08. The summed E-state index contributed by atoms with van der Waals surface area (Å²) in [7, 11) is 0. The Bertz CT molecular complexity index is 1150. The monoisotopic (exact) mass is 447 g/mol. The van der Waals surface area contributed by atoms with E-state index in [9.17, 15) is 18.0 Å². The maximum absolute atomic E-state index is 12.6. The lowest BCUT2D eigenvalue weighted by Crippen LogP contribution is -2.14. The number of aromatic amines is 1. The number of nitrogens with zero attached hydrogens (tertiary/aromatic N) is 3. The second-order valence-electron chi connectivity index (χ2n) is 6.57. The van der Waals surface area contributed by atoms with Crippen LogP contribution in [-0.2, 0) is 23.8 Å². The number of benzene rings is 2. The summed E-state index contributed by atoms with van der Waals surface area (Å²) in [5, 5.41) is 10.6. The first kappa shape index (κ1) is 20.9. The molecule has 160 valence electrons. The number of para-hydroxylation sites is 2. The van der Waals surface area contributed by atoms with Crippen LogP contribution in [0.3, 0.4) is 0 Å². The molecule has 31 heavy (non-hydrogen) atoms. The fraction of sp³-hybridized carbons (Fsp3) is 0.200. The lowest BCUT2D eigenvalue weighted by molar-refractivity contribution is -0.137. The van der Waals surface area contributed by atoms with Crippen molar-refractivity contribution in [3.63, 3.8) is 0 Å². The second-order valence-corrected chi connectivity index (χ2v) is 7.50. The van der Waals surface area contributed by atoms with Crippen molar-refractivity contribution in [2.45, 2.75) is 24.2 Å². The number of aryl methyl sites for hydroxylation is 2. The highest BCUT2D eigenvalue weighted by molar-refractivity contribution is 7.99. The molecule has 0 aliphatic heterocycles. The summed E-state index contributed by atoms with van der Waals surface area (Å²) in [6.45, 7) is 0. The van der Waals surface area contributed by atoms with Gasteiger partial charge in [-0.1, -0.05) is 23.9 Å². The quantitative estimate of drug-likeness (QED) is 0.406. The first-order valence-electron chi connectivity index (χ1n) is 9.23. The zero-order chi connectivity index (χ0) is 21.8. The molecule has 0 aliphatic carbocycles. The molecule has 0 saturated heterocycles. The van der Waals surface area contributed by atoms with E-state index in [2.05, 4.69) is 25.5 Å². The minimum Gasteiger partial charge on any atom is -0.416 e. The van der Waals surface area contributed by atoms with E-state index in [1.54, 1.807) is 0 Å². The molecule has 11 heteroatoms. The molecule has 1 amide bonds. The first-order chi connectivity index (χ1) is 14.9. The third kappa shape index (κ3) is 5.43. The molecule has 0 aliphatic rings. The topological polar surface area (TPSA) is 96.7 Å². The number of carbonyl (C=O) groups excluding carboxylic acids is 1. The molecular formula is C20H16F3N5O2S. The van der Waals surface area contributed by atoms with Gasteiger partial charge in [0.05, 0.1) is 22.3 Å². The minimum atomic E-state index is -4.42. The van der Waals surface area contributed by atoms with Gasteiger partial charge in [0.2, 0.25) is 11.8 Å². The van der Waals surface area contributed by atoms with Crippen LogP contribution in [0.4, 0.5) is 18.9 Å². The predicted molar refractivity (Wildman–Crippen MR) is 109 cm³/mol. The molecule has 4 aromatic rings. The van der Waals surface area contributed by atoms with Crippen molar-refractivity contribution in [3.8, 4) is 0 Å². The maximum atomic E-state index is 12.6. The molecule has 0 radical (unpaired) electrons. The zero-order valence-corrected chi connectivity index (χ0v) is 16.8. The van der Waals surface area contributed by atoms with Crippen molar-refractivity contribution in [1.82, 2.24) is 20.2 Å². The SMILES string of the molecule is O=C(CSc1nnc(CCc2nc3ccccc3[nH]2)o1)Nc1ccc(C(F)(F)F)cc1. The highest BCUT2D eigenvalue weighted by atomic mass is 32.2. The van der Waals surface area contributed by atoms with Gasteiger partial charge in [0, 0.05) is 18.5 Å². The van der Waals surface area contributed by atoms with Crippen molar-refractivity contribution >= 4 is 34.4 Å². The number of amides is 1. The summed E-state index contributed by atoms with van der Waals surface area (Å²) in [6, 6.07) is 11.9. The molecule has 0 fully saturated rings. The van der Waals surface area contributed by atoms with Crippen molar-refractivity contribution in [2.24, 2.45) is 0 Å². The molecule has 0 atom stereocenters. The van der Waals surface area contributed by atoms with E-state index in [0.29, 0.717) is 18.7 Å². The van der Waals surface area contributed by atoms with Gasteiger partial charge in [-0.15, -0.1) is 10.2 Å². The molecule has 4 rings (SSSR count). The molecule has 0 unspecified atom stereocenters. The van der Waals surface area contributed by atoms with Gasteiger partial charge in [0.25, 0.3) is 5.22 Å². The molecule has 0 spiro atoms. The third-order valence-corrected chi connectivity index (χ3v) is 5.10. The van der Waals surface area contributed by atoms with Gasteiger partial charge in [0.1, 0.15) is 5.82 Å². The van der Waals surface area contributed by atoms with Crippen LogP contribution < -0.4 is 5.32 Å². The van der Waals surface area contributed by atoms with Crippen LogP contribution in [-0.4, -0.2) is 31.8 Å². The van der Waals surface area contributed by atoms with Gasteiger partial charge in [0.15, 0.2) is 0 Å². The van der Waals surface area contributed by atoms with Crippen molar-refractivity contribution in [3.05, 3.63) is 65.8 Å². The Morgan fingerprint density at radius 2 is 1.84 bits per heavy atom. The van der Waals surface area contributed by atoms with Crippen LogP contribution >= 0.6 is 11.8 Å². The number of hydrogen-bond donors (Lipinski definition) is 2. The predicted octanol–water partition coefficient (Wildman–Crippen LogP) is 4.48. The number of hydrogen-bond acceptors (Lipinski definition) is 6. The number of halogens is 3. The molecule has 0 saturated carbocycles. The van der Waals surface area contributed by atoms with Crippen LogP contribution in [0.5, 0.6) is 0 Å². The highest BCUT2D eigenvalue weighted by Crippen LogP contribution is 2.29. The highest BCUT2D eigenvalue weighted by Gasteiger charge is 2.30. The Balaban J connectivity index is 1.25. The van der Waals surface area contributed by atoms with Gasteiger partial charge in [-0.3, -0.25) is 4.79 Å². The van der Waals surface area contributed by atoms with Crippen LogP contribution in [0, 0.1) is 0 Å². The van der Waals surface area contributed by atoms with E-state index in [1.807, 2.05) is 24.3 Å². The summed E-state index contributed by atoms with van der Waals surface area (Å²) >= 11 is 1.05. The Labute approximate surface area is 178 Å². The van der Waals surface area contributed by atoms with Crippen LogP contribution in [0.15, 0.2) is 58.2 Å². The van der Waals surface area contributed by atoms with Crippen molar-refractivity contribution in [2.75, 3.05) is 11.1 Å². The fourth-order valence-electron chi connectivity index (χ4n) is 2.81. The summed E-state index contributed by atoms with van der Waals surface area (Å²) < 4.78 is 43.2. The van der Waals surface area contributed by atoms with E-state index in [4.69, 9.17) is 4.42 Å². The second kappa shape index (κ2) is 8.80. The minimum absolute atomic E-state index is 0.0216. The maximum Gasteiger partial charge on any atom is 0.416 e. The van der Waals surface area contributed by atoms with Crippen LogP contribution in [0.25, 0.3) is 11.0 Å². The molecule has 7 nitrogen and oxygen atoms in total. The van der Waals surface area contributed by atoms with E-state index in [-0.39, 0.29) is 16.7 Å². The number of aromatic nitrogens is 4. The molecule has 2 aromatic heterocycles. The summed E-state index contributed by atoms with van der Waals surface area (Å²) in [5.74, 6) is 0.814. The van der Waals surface area contributed by atoms with E-state index < -0.39 is 17.6 Å². The average Bonchev–Trinajstić information content (AvgIpc) is 3.37. The summed E-state index contributed by atoms with van der Waals surface area (Å²) in [5.41, 5.74) is 1.34. The smallest absolute Gasteiger partial charge is 0.416 e. The standard InChI is InChI=1S/C20H16F3N5O2S/c21-20(22,23)12-5-7-13(8-6-12)24-17(29)11-31-19-28-27-18(30-19)10-9-16-25-14-3-1-2-4-15(14)26-16/h1-8H,9-11H2,(H,24,29)(H,25,26). The largest absolute Gasteiger partial charge is 0.416 e. The van der Waals surface area contributed by atoms with Gasteiger partial charge >= 0.3 is 6.18 Å². The van der Waals surface area contributed by atoms with E-state index >= 15 is 0 Å². The van der Waals surface area contributed by atoms with Gasteiger partial charge < -0.3 is 14.7 Å². The van der Waals surface area contributed by atoms with Crippen molar-refractivity contribution in [1.29, 1.82) is 0 Å². The Kier molecular flexibility index (Phi) is 5.94. The number of anilines is 1. The number of H-pyrrole nitrogens is 1. The number of imidazole rings is 1. The van der Waals surface area contributed by atoms with Gasteiger partial charge in [-0.2, -0.15) is 13.2 Å². The lowest BCUT2D eigenvalue weighted by atomic mass is 10.2. The molecule has 2 aromatic carbocycles. The number of fused-ring (bicyclic) bond motifs is 1. The van der Waals surface area contributed by atoms with Gasteiger partial charge in [-0.05, 0) is 36.4 Å². The van der Waals surface area contributed by atoms with Crippen LogP contribution in [0.2, 0.25) is 0 Å². The normalized spacial score (nSPS) is 11.7. The fourth-order valence-corrected chi connectivity index (χ4v) is 3.39.